The first kappa shape index (κ1) is 9.74. The van der Waals surface area contributed by atoms with E-state index >= 15 is 0 Å². The monoisotopic (exact) mass is 178 g/mol. The quantitative estimate of drug-likeness (QED) is 0.730. The number of hydrogen-bond acceptors (Lipinski definition) is 2. The van der Waals surface area contributed by atoms with Crippen molar-refractivity contribution in [3.63, 3.8) is 0 Å². The van der Waals surface area contributed by atoms with Gasteiger partial charge in [0.15, 0.2) is 0 Å². The van der Waals surface area contributed by atoms with Gasteiger partial charge in [0.1, 0.15) is 0 Å². The summed E-state index contributed by atoms with van der Waals surface area (Å²) in [6.45, 7) is 2.00. The Bertz CT molecular complexity index is 310. The molecule has 70 valence electrons. The van der Waals surface area contributed by atoms with Crippen molar-refractivity contribution in [2.45, 2.75) is 19.4 Å². The lowest BCUT2D eigenvalue weighted by Gasteiger charge is -2.09. The molecule has 4 N–H and O–H groups in total. The fraction of sp³-hybridized carbons (Fsp3) is 0.300. The highest BCUT2D eigenvalue weighted by molar-refractivity contribution is 5.92. The average molecular weight is 178 g/mol. The minimum Gasteiger partial charge on any atom is -0.366 e. The molecule has 3 heteroatoms. The second kappa shape index (κ2) is 4.05. The van der Waals surface area contributed by atoms with E-state index < -0.39 is 5.91 Å². The molecular weight excluding hydrogens is 164 g/mol. The van der Waals surface area contributed by atoms with Gasteiger partial charge in [-0.15, -0.1) is 0 Å². The van der Waals surface area contributed by atoms with Crippen LogP contribution in [0.3, 0.4) is 0 Å². The average Bonchev–Trinajstić information content (AvgIpc) is 2.17. The molecule has 0 aliphatic rings. The molecule has 1 amide bonds. The SMILES string of the molecule is CC[C@@H](N)c1cccc(C(N)=O)c1. The smallest absolute Gasteiger partial charge is 0.248 e. The predicted octanol–water partition coefficient (Wildman–Crippen LogP) is 1.20. The Morgan fingerprint density at radius 2 is 2.23 bits per heavy atom. The molecule has 0 bridgehead atoms. The summed E-state index contributed by atoms with van der Waals surface area (Å²) in [5, 5.41) is 0. The zero-order valence-corrected chi connectivity index (χ0v) is 7.66. The Morgan fingerprint density at radius 3 is 2.77 bits per heavy atom. The first-order valence-corrected chi connectivity index (χ1v) is 4.30. The van der Waals surface area contributed by atoms with E-state index in [-0.39, 0.29) is 6.04 Å². The number of hydrogen-bond donors (Lipinski definition) is 2. The van der Waals surface area contributed by atoms with Crippen molar-refractivity contribution in [2.24, 2.45) is 11.5 Å². The van der Waals surface area contributed by atoms with Gasteiger partial charge in [-0.2, -0.15) is 0 Å². The van der Waals surface area contributed by atoms with Crippen LogP contribution in [0.15, 0.2) is 24.3 Å². The molecule has 0 unspecified atom stereocenters. The van der Waals surface area contributed by atoms with Crippen LogP contribution >= 0.6 is 0 Å². The maximum atomic E-state index is 10.8. The predicted molar refractivity (Wildman–Crippen MR) is 52.2 cm³/mol. The third-order valence-electron chi connectivity index (χ3n) is 2.04. The van der Waals surface area contributed by atoms with Crippen LogP contribution in [0.4, 0.5) is 0 Å². The summed E-state index contributed by atoms with van der Waals surface area (Å²) < 4.78 is 0. The minimum atomic E-state index is -0.412. The molecule has 0 fully saturated rings. The van der Waals surface area contributed by atoms with Gasteiger partial charge < -0.3 is 11.5 Å². The summed E-state index contributed by atoms with van der Waals surface area (Å²) in [4.78, 5) is 10.8. The summed E-state index contributed by atoms with van der Waals surface area (Å²) in [5.41, 5.74) is 12.4. The van der Waals surface area contributed by atoms with Crippen LogP contribution < -0.4 is 11.5 Å². The van der Waals surface area contributed by atoms with Crippen LogP contribution in [0.2, 0.25) is 0 Å². The van der Waals surface area contributed by atoms with E-state index in [4.69, 9.17) is 11.5 Å². The first-order chi connectivity index (χ1) is 6.15. The van der Waals surface area contributed by atoms with E-state index in [1.807, 2.05) is 13.0 Å². The highest BCUT2D eigenvalue weighted by atomic mass is 16.1. The summed E-state index contributed by atoms with van der Waals surface area (Å²) in [5.74, 6) is -0.412. The highest BCUT2D eigenvalue weighted by Gasteiger charge is 2.05. The first-order valence-electron chi connectivity index (χ1n) is 4.30. The van der Waals surface area contributed by atoms with Crippen LogP contribution in [0, 0.1) is 0 Å². The molecule has 3 nitrogen and oxygen atoms in total. The fourth-order valence-electron chi connectivity index (χ4n) is 1.16. The third-order valence-corrected chi connectivity index (χ3v) is 2.04. The molecule has 0 saturated heterocycles. The van der Waals surface area contributed by atoms with Gasteiger partial charge in [-0.25, -0.2) is 0 Å². The Balaban J connectivity index is 2.98. The molecule has 1 rings (SSSR count). The van der Waals surface area contributed by atoms with Crippen molar-refractivity contribution in [1.29, 1.82) is 0 Å². The second-order valence-corrected chi connectivity index (χ2v) is 3.00. The van der Waals surface area contributed by atoms with Gasteiger partial charge >= 0.3 is 0 Å². The van der Waals surface area contributed by atoms with Gasteiger partial charge in [-0.05, 0) is 24.1 Å². The minimum absolute atomic E-state index is 0.0145. The molecule has 0 spiro atoms. The maximum Gasteiger partial charge on any atom is 0.248 e. The standard InChI is InChI=1S/C10H14N2O/c1-2-9(11)7-4-3-5-8(6-7)10(12)13/h3-6,9H,2,11H2,1H3,(H2,12,13)/t9-/m1/s1. The molecule has 0 aromatic heterocycles. The van der Waals surface area contributed by atoms with E-state index in [9.17, 15) is 4.79 Å². The van der Waals surface area contributed by atoms with Crippen molar-refractivity contribution in [3.8, 4) is 0 Å². The van der Waals surface area contributed by atoms with Crippen molar-refractivity contribution in [1.82, 2.24) is 0 Å². The van der Waals surface area contributed by atoms with Crippen LogP contribution in [-0.4, -0.2) is 5.91 Å². The van der Waals surface area contributed by atoms with E-state index in [1.54, 1.807) is 18.2 Å². The fourth-order valence-corrected chi connectivity index (χ4v) is 1.16. The van der Waals surface area contributed by atoms with Crippen molar-refractivity contribution < 1.29 is 4.79 Å². The number of carbonyl (C=O) groups excluding carboxylic acids is 1. The molecule has 1 aromatic carbocycles. The zero-order valence-electron chi connectivity index (χ0n) is 7.66. The number of nitrogens with two attached hydrogens (primary N) is 2. The van der Waals surface area contributed by atoms with Crippen LogP contribution in [0.5, 0.6) is 0 Å². The van der Waals surface area contributed by atoms with Gasteiger partial charge in [0.05, 0.1) is 0 Å². The normalized spacial score (nSPS) is 12.5. The molecule has 13 heavy (non-hydrogen) atoms. The lowest BCUT2D eigenvalue weighted by molar-refractivity contribution is 0.1000. The van der Waals surface area contributed by atoms with E-state index in [2.05, 4.69) is 0 Å². The van der Waals surface area contributed by atoms with Crippen molar-refractivity contribution >= 4 is 5.91 Å². The number of benzene rings is 1. The second-order valence-electron chi connectivity index (χ2n) is 3.00. The number of rotatable bonds is 3. The van der Waals surface area contributed by atoms with Crippen molar-refractivity contribution in [3.05, 3.63) is 35.4 Å². The molecule has 0 aliphatic heterocycles. The summed E-state index contributed by atoms with van der Waals surface area (Å²) >= 11 is 0. The summed E-state index contributed by atoms with van der Waals surface area (Å²) in [6.07, 6.45) is 0.849. The number of primary amides is 1. The van der Waals surface area contributed by atoms with Gasteiger partial charge in [0.2, 0.25) is 5.91 Å². The van der Waals surface area contributed by atoms with E-state index in [1.165, 1.54) is 0 Å². The Labute approximate surface area is 77.7 Å². The largest absolute Gasteiger partial charge is 0.366 e. The van der Waals surface area contributed by atoms with Crippen molar-refractivity contribution in [2.75, 3.05) is 0 Å². The van der Waals surface area contributed by atoms with Gasteiger partial charge in [-0.3, -0.25) is 4.79 Å². The Morgan fingerprint density at radius 1 is 1.54 bits per heavy atom. The third kappa shape index (κ3) is 2.29. The Hall–Kier alpha value is -1.35. The lowest BCUT2D eigenvalue weighted by Crippen LogP contribution is -2.13. The van der Waals surface area contributed by atoms with E-state index in [0.29, 0.717) is 5.56 Å². The van der Waals surface area contributed by atoms with Gasteiger partial charge in [-0.1, -0.05) is 19.1 Å². The van der Waals surface area contributed by atoms with E-state index in [0.717, 1.165) is 12.0 Å². The molecule has 0 saturated carbocycles. The highest BCUT2D eigenvalue weighted by Crippen LogP contribution is 2.14. The lowest BCUT2D eigenvalue weighted by atomic mass is 10.0. The molecular formula is C10H14N2O. The number of amides is 1. The molecule has 1 aromatic rings. The summed E-state index contributed by atoms with van der Waals surface area (Å²) in [6, 6.07) is 7.12. The molecule has 0 heterocycles. The van der Waals surface area contributed by atoms with Crippen LogP contribution in [-0.2, 0) is 0 Å². The van der Waals surface area contributed by atoms with Crippen LogP contribution in [0.25, 0.3) is 0 Å². The Kier molecular flexibility index (Phi) is 3.03. The van der Waals surface area contributed by atoms with Gasteiger partial charge in [0.25, 0.3) is 0 Å². The molecule has 1 atom stereocenters. The van der Waals surface area contributed by atoms with Gasteiger partial charge in [0, 0.05) is 11.6 Å². The summed E-state index contributed by atoms with van der Waals surface area (Å²) in [7, 11) is 0. The molecule has 0 aliphatic carbocycles. The number of carbonyl (C=O) groups is 1. The zero-order chi connectivity index (χ0) is 9.84. The molecule has 0 radical (unpaired) electrons. The topological polar surface area (TPSA) is 69.1 Å². The van der Waals surface area contributed by atoms with Crippen LogP contribution in [0.1, 0.15) is 35.3 Å². The maximum absolute atomic E-state index is 10.8.